The summed E-state index contributed by atoms with van der Waals surface area (Å²) in [7, 11) is 0. The number of rotatable bonds is 34. The zero-order valence-electron chi connectivity index (χ0n) is 44.7. The van der Waals surface area contributed by atoms with Crippen LogP contribution in [-0.2, 0) is 68.7 Å². The third kappa shape index (κ3) is 24.9. The number of carboxylic acids is 2. The average Bonchev–Trinajstić information content (AvgIpc) is 3.36. The van der Waals surface area contributed by atoms with Gasteiger partial charge in [0.1, 0.15) is 60.4 Å². The number of benzene rings is 1. The Hall–Kier alpha value is -7.83. The molecular weight excluding hydrogens is 1030 g/mol. The normalized spacial score (nSPS) is 15.3. The van der Waals surface area contributed by atoms with Crippen LogP contribution in [0, 0.1) is 11.8 Å². The molecule has 18 N–H and O–H groups in total. The summed E-state index contributed by atoms with van der Waals surface area (Å²) in [4.78, 5) is 167. The van der Waals surface area contributed by atoms with Gasteiger partial charge in [0.25, 0.3) is 0 Å². The molecule has 0 fully saturated rings. The van der Waals surface area contributed by atoms with E-state index in [1.807, 2.05) is 0 Å². The monoisotopic (exact) mass is 1110 g/mol. The molecule has 0 heterocycles. The number of hydrogen-bond donors (Lipinski definition) is 17. The molecule has 1 rings (SSSR count). The van der Waals surface area contributed by atoms with E-state index in [1.54, 1.807) is 58.0 Å². The van der Waals surface area contributed by atoms with Crippen molar-refractivity contribution >= 4 is 76.9 Å². The Kier molecular flexibility index (Phi) is 29.8. The molecule has 0 aliphatic carbocycles. The van der Waals surface area contributed by atoms with Crippen LogP contribution >= 0.6 is 0 Å². The molecule has 0 radical (unpaired) electrons. The molecule has 436 valence electrons. The van der Waals surface area contributed by atoms with Crippen LogP contribution in [0.15, 0.2) is 30.3 Å². The lowest BCUT2D eigenvalue weighted by atomic mass is 9.99. The Labute approximate surface area is 449 Å². The third-order valence-corrected chi connectivity index (χ3v) is 11.3. The first-order chi connectivity index (χ1) is 36.4. The van der Waals surface area contributed by atoms with Gasteiger partial charge in [0.15, 0.2) is 0 Å². The van der Waals surface area contributed by atoms with Crippen LogP contribution in [0.25, 0.3) is 0 Å². The van der Waals surface area contributed by atoms with Crippen LogP contribution in [0.4, 0.5) is 0 Å². The van der Waals surface area contributed by atoms with Crippen LogP contribution in [0.1, 0.15) is 80.2 Å². The Morgan fingerprint density at radius 2 is 0.974 bits per heavy atom. The molecular formula is C48H76N12O18. The number of hydrogen-bond acceptors (Lipinski definition) is 17. The molecule has 1 aromatic carbocycles. The van der Waals surface area contributed by atoms with E-state index < -0.39 is 189 Å². The number of carbonyl (C=O) groups excluding carboxylic acids is 11. The van der Waals surface area contributed by atoms with E-state index in [9.17, 15) is 82.8 Å². The largest absolute Gasteiger partial charge is 0.481 e. The maximum atomic E-state index is 14.0. The molecule has 0 bridgehead atoms. The molecule has 0 saturated heterocycles. The summed E-state index contributed by atoms with van der Waals surface area (Å²) in [6.07, 6.45) is -3.00. The van der Waals surface area contributed by atoms with Crippen LogP contribution in [-0.4, -0.2) is 195 Å². The number of aliphatic hydroxyl groups is 3. The highest BCUT2D eigenvalue weighted by molar-refractivity contribution is 5.98. The molecule has 0 aliphatic heterocycles. The quantitative estimate of drug-likeness (QED) is 0.0305. The third-order valence-electron chi connectivity index (χ3n) is 11.3. The second-order valence-corrected chi connectivity index (χ2v) is 19.0. The highest BCUT2D eigenvalue weighted by Crippen LogP contribution is 2.11. The van der Waals surface area contributed by atoms with E-state index in [-0.39, 0.29) is 18.8 Å². The highest BCUT2D eigenvalue weighted by atomic mass is 16.4. The van der Waals surface area contributed by atoms with Crippen molar-refractivity contribution in [3.63, 3.8) is 0 Å². The van der Waals surface area contributed by atoms with Gasteiger partial charge in [-0.15, -0.1) is 0 Å². The lowest BCUT2D eigenvalue weighted by molar-refractivity contribution is -0.141. The topological polar surface area (TPSA) is 481 Å². The number of carbonyl (C=O) groups is 13. The van der Waals surface area contributed by atoms with Crippen LogP contribution in [0.2, 0.25) is 0 Å². The first-order valence-electron chi connectivity index (χ1n) is 24.8. The van der Waals surface area contributed by atoms with Crippen molar-refractivity contribution in [1.82, 2.24) is 58.5 Å². The Morgan fingerprint density at radius 3 is 1.50 bits per heavy atom. The van der Waals surface area contributed by atoms with Gasteiger partial charge in [0, 0.05) is 12.8 Å². The van der Waals surface area contributed by atoms with Crippen molar-refractivity contribution in [1.29, 1.82) is 0 Å². The maximum absolute atomic E-state index is 14.0. The van der Waals surface area contributed by atoms with Gasteiger partial charge in [-0.25, -0.2) is 0 Å². The molecule has 0 spiro atoms. The van der Waals surface area contributed by atoms with Crippen molar-refractivity contribution in [3.05, 3.63) is 35.9 Å². The minimum absolute atomic E-state index is 0.0278. The Morgan fingerprint density at radius 1 is 0.487 bits per heavy atom. The Bertz CT molecular complexity index is 2270. The molecule has 78 heavy (non-hydrogen) atoms. The van der Waals surface area contributed by atoms with Gasteiger partial charge < -0.3 is 89.8 Å². The number of nitrogens with two attached hydrogens (primary N) is 1. The van der Waals surface area contributed by atoms with Crippen LogP contribution < -0.4 is 64.2 Å². The molecule has 1 aromatic rings. The summed E-state index contributed by atoms with van der Waals surface area (Å²) in [5.41, 5.74) is 6.11. The van der Waals surface area contributed by atoms with E-state index in [0.717, 1.165) is 0 Å². The first-order valence-corrected chi connectivity index (χ1v) is 24.8. The Balaban J connectivity index is 3.18. The van der Waals surface area contributed by atoms with E-state index in [2.05, 4.69) is 58.5 Å². The smallest absolute Gasteiger partial charge is 0.325 e. The SMILES string of the molecule is CC(C)C[C@H](NC(=O)[C@@H](NC(=O)[C@@H](NC(=O)[C@@H](N)CO)C(C)C)[C@@H](C)O)C(=O)N[C@@H](Cc1ccccc1)C(=O)NCC(=O)N[C@@H](CCC(=O)O)C(=O)N[C@@H](CO)C(=O)N[C@@H](C)C(=O)NCC(=O)N[C@@H](C)C(=O)N[C@@H](C)C(=O)O. The fraction of sp³-hybridized carbons (Fsp3) is 0.604. The van der Waals surface area contributed by atoms with Crippen LogP contribution in [0.3, 0.4) is 0 Å². The van der Waals surface area contributed by atoms with Crippen molar-refractivity contribution in [3.8, 4) is 0 Å². The fourth-order valence-corrected chi connectivity index (χ4v) is 6.82. The van der Waals surface area contributed by atoms with Crippen LogP contribution in [0.5, 0.6) is 0 Å². The number of aliphatic carboxylic acids is 2. The lowest BCUT2D eigenvalue weighted by Crippen LogP contribution is -2.62. The highest BCUT2D eigenvalue weighted by Gasteiger charge is 2.36. The number of carboxylic acid groups (broad SMARTS) is 2. The molecule has 0 unspecified atom stereocenters. The predicted molar refractivity (Wildman–Crippen MR) is 273 cm³/mol. The summed E-state index contributed by atoms with van der Waals surface area (Å²) in [6, 6.07) is -6.19. The molecule has 11 amide bonds. The van der Waals surface area contributed by atoms with Crippen molar-refractivity contribution in [2.24, 2.45) is 17.6 Å². The fourth-order valence-electron chi connectivity index (χ4n) is 6.82. The standard InChI is InChI=1S/C48H76N12O18/c1-22(2)16-31(57-47(76)38(27(8)63)60-46(75)37(23(3)4)59-41(70)29(49)20-61)44(73)56-32(17-28-12-10-9-11-13-28)42(71)51-19-35(65)55-30(14-15-36(66)67)43(72)58-33(21-62)45(74)53-24(5)39(68)50-18-34(64)52-25(6)40(69)54-26(7)48(77)78/h9-13,22-27,29-33,37-38,61-63H,14-21,49H2,1-8H3,(H,50,68)(H,51,71)(H,52,64)(H,53,74)(H,54,69)(H,55,65)(H,56,73)(H,57,76)(H,58,72)(H,59,70)(H,60,75)(H,66,67)(H,77,78)/t24-,25-,26-,27+,29-,30-,31-,32-,33-,37-,38-/m0/s1. The second kappa shape index (κ2) is 34.0. The van der Waals surface area contributed by atoms with E-state index in [1.165, 1.54) is 27.7 Å². The minimum atomic E-state index is -1.79. The van der Waals surface area contributed by atoms with Gasteiger partial charge in [-0.05, 0) is 57.9 Å². The van der Waals surface area contributed by atoms with Crippen molar-refractivity contribution in [2.75, 3.05) is 26.3 Å². The zero-order chi connectivity index (χ0) is 59.6. The first kappa shape index (κ1) is 68.2. The molecule has 11 atom stereocenters. The molecule has 0 aromatic heterocycles. The van der Waals surface area contributed by atoms with Gasteiger partial charge in [-0.1, -0.05) is 58.0 Å². The molecule has 30 nitrogen and oxygen atoms in total. The maximum Gasteiger partial charge on any atom is 0.325 e. The van der Waals surface area contributed by atoms with E-state index in [0.29, 0.717) is 5.56 Å². The van der Waals surface area contributed by atoms with Gasteiger partial charge in [0.2, 0.25) is 65.0 Å². The molecule has 30 heteroatoms. The second-order valence-electron chi connectivity index (χ2n) is 19.0. The summed E-state index contributed by atoms with van der Waals surface area (Å²) in [6.45, 7) is 8.10. The number of amides is 11. The van der Waals surface area contributed by atoms with Gasteiger partial charge >= 0.3 is 11.9 Å². The van der Waals surface area contributed by atoms with E-state index in [4.69, 9.17) is 10.8 Å². The molecule has 0 aliphatic rings. The summed E-state index contributed by atoms with van der Waals surface area (Å²) >= 11 is 0. The van der Waals surface area contributed by atoms with Gasteiger partial charge in [-0.2, -0.15) is 0 Å². The van der Waals surface area contributed by atoms with Gasteiger partial charge in [0.05, 0.1) is 32.4 Å². The number of aliphatic hydroxyl groups excluding tert-OH is 3. The molecule has 0 saturated carbocycles. The average molecular weight is 1110 g/mol. The number of nitrogens with one attached hydrogen (secondary N) is 11. The van der Waals surface area contributed by atoms with E-state index >= 15 is 0 Å². The summed E-state index contributed by atoms with van der Waals surface area (Å²) in [5.74, 6) is -14.1. The predicted octanol–water partition coefficient (Wildman–Crippen LogP) is -6.77. The summed E-state index contributed by atoms with van der Waals surface area (Å²) < 4.78 is 0. The lowest BCUT2D eigenvalue weighted by Gasteiger charge is -2.29. The zero-order valence-corrected chi connectivity index (χ0v) is 44.7. The van der Waals surface area contributed by atoms with Gasteiger partial charge in [-0.3, -0.25) is 62.3 Å². The summed E-state index contributed by atoms with van der Waals surface area (Å²) in [5, 5.41) is 73.6. The van der Waals surface area contributed by atoms with Crippen molar-refractivity contribution in [2.45, 2.75) is 148 Å². The van der Waals surface area contributed by atoms with Crippen molar-refractivity contribution < 1.29 is 87.9 Å². The minimum Gasteiger partial charge on any atom is -0.481 e.